The highest BCUT2D eigenvalue weighted by Crippen LogP contribution is 2.29. The topological polar surface area (TPSA) is 168 Å². The molecule has 6 rings (SSSR count). The van der Waals surface area contributed by atoms with Crippen molar-refractivity contribution in [3.63, 3.8) is 0 Å². The van der Waals surface area contributed by atoms with Crippen LogP contribution in [0.3, 0.4) is 0 Å². The van der Waals surface area contributed by atoms with Crippen molar-refractivity contribution in [2.75, 3.05) is 78.3 Å². The number of carbonyl (C=O) groups excluding carboxylic acids is 2. The summed E-state index contributed by atoms with van der Waals surface area (Å²) >= 11 is 1.60. The lowest BCUT2D eigenvalue weighted by Gasteiger charge is -2.36. The predicted octanol–water partition coefficient (Wildman–Crippen LogP) is 5.47. The number of hydrogen-bond acceptors (Lipinski definition) is 13. The quantitative estimate of drug-likeness (QED) is 0.0649. The molecule has 2 aromatic heterocycles. The minimum absolute atomic E-state index is 0.0723. The van der Waals surface area contributed by atoms with Gasteiger partial charge in [-0.25, -0.2) is 9.97 Å². The van der Waals surface area contributed by atoms with Crippen LogP contribution in [0.4, 0.5) is 5.69 Å². The van der Waals surface area contributed by atoms with Gasteiger partial charge in [-0.3, -0.25) is 14.5 Å². The largest absolute Gasteiger partial charge is 0.491 e. The summed E-state index contributed by atoms with van der Waals surface area (Å²) in [5.74, 6) is 0.206. The van der Waals surface area contributed by atoms with E-state index in [-0.39, 0.29) is 62.9 Å². The van der Waals surface area contributed by atoms with Crippen LogP contribution in [0.2, 0.25) is 0 Å². The summed E-state index contributed by atoms with van der Waals surface area (Å²) in [7, 11) is 4.03. The molecule has 14 nitrogen and oxygen atoms in total. The lowest BCUT2D eigenvalue weighted by Crippen LogP contribution is -2.54. The average Bonchev–Trinajstić information content (AvgIpc) is 3.87. The Balaban J connectivity index is 0.831. The molecule has 5 aromatic rings. The van der Waals surface area contributed by atoms with Gasteiger partial charge in [0.05, 0.1) is 72.5 Å². The smallest absolute Gasteiger partial charge is 0.246 e. The van der Waals surface area contributed by atoms with Crippen molar-refractivity contribution >= 4 is 39.7 Å². The van der Waals surface area contributed by atoms with E-state index in [1.54, 1.807) is 11.3 Å². The van der Waals surface area contributed by atoms with E-state index in [2.05, 4.69) is 44.8 Å². The molecule has 63 heavy (non-hydrogen) atoms. The van der Waals surface area contributed by atoms with Gasteiger partial charge < -0.3 is 44.7 Å². The maximum absolute atomic E-state index is 13.4. The zero-order chi connectivity index (χ0) is 44.9. The fourth-order valence-electron chi connectivity index (χ4n) is 7.27. The van der Waals surface area contributed by atoms with E-state index < -0.39 is 18.2 Å². The van der Waals surface area contributed by atoms with Crippen molar-refractivity contribution in [1.29, 1.82) is 0 Å². The maximum atomic E-state index is 13.4. The van der Waals surface area contributed by atoms with E-state index in [1.807, 2.05) is 107 Å². The number of anilines is 1. The Kier molecular flexibility index (Phi) is 17.0. The number of β-amino-alcohol motifs (C(OH)–C–C–N with tert-alkyl or cyclic N) is 1. The molecule has 3 aromatic carbocycles. The molecule has 15 heteroatoms. The van der Waals surface area contributed by atoms with Gasteiger partial charge in [0.2, 0.25) is 11.8 Å². The number of nitrogens with zero attached hydrogens (tertiary/aromatic N) is 4. The van der Waals surface area contributed by atoms with Gasteiger partial charge in [0.25, 0.3) is 0 Å². The number of thiazole rings is 1. The first-order valence-corrected chi connectivity index (χ1v) is 22.3. The fraction of sp³-hybridized carbons (Fsp3) is 0.458. The van der Waals surface area contributed by atoms with E-state index in [0.717, 1.165) is 49.5 Å². The zero-order valence-corrected chi connectivity index (χ0v) is 38.0. The number of fused-ring (bicyclic) bond motifs is 1. The van der Waals surface area contributed by atoms with E-state index >= 15 is 0 Å². The Morgan fingerprint density at radius 2 is 1.63 bits per heavy atom. The number of likely N-dealkylation sites (tertiary alicyclic amines) is 1. The summed E-state index contributed by atoms with van der Waals surface area (Å²) in [5, 5.41) is 28.0. The summed E-state index contributed by atoms with van der Waals surface area (Å²) in [6.45, 7) is 10.3. The molecule has 4 atom stereocenters. The standard InChI is InChI=1S/C48H62N6O8S/c1-32-46(63-31-50-32)35-9-7-33(8-10-35)25-49-47(58)43-24-38(55)26-54(43)27-44(48(2,3)4)52-45(57)30-61-22-20-59-19-21-60-28-39(56)29-62-40-16-18-42-36(23-40)13-17-41(51-42)34-11-14-37(15-12-34)53(5)6/h7-18,23,31,38-39,43-44,55-56H,19-22,24-30H2,1-6H3,(H,49,58)(H,52,57)/t38-,39?,43+,44-/m1/s1. The van der Waals surface area contributed by atoms with Crippen LogP contribution in [0.5, 0.6) is 5.75 Å². The SMILES string of the molecule is Cc1ncsc1-c1ccc(CNC(=O)[C@@H]2C[C@@H](O)CN2C[C@@H](NC(=O)COCCOCCOCC(O)COc2ccc3nc(-c4ccc(N(C)C)cc4)ccc3c2)C(C)(C)C)cc1. The Labute approximate surface area is 374 Å². The van der Waals surface area contributed by atoms with Gasteiger partial charge in [0, 0.05) is 56.4 Å². The number of carbonyl (C=O) groups is 2. The van der Waals surface area contributed by atoms with Crippen molar-refractivity contribution in [3.05, 3.63) is 95.6 Å². The predicted molar refractivity (Wildman–Crippen MR) is 247 cm³/mol. The number of aryl methyl sites for hydroxylation is 1. The lowest BCUT2D eigenvalue weighted by atomic mass is 9.86. The number of nitrogens with one attached hydrogen (secondary N) is 2. The average molecular weight is 883 g/mol. The molecule has 338 valence electrons. The molecule has 0 aliphatic carbocycles. The molecule has 0 radical (unpaired) electrons. The molecular weight excluding hydrogens is 821 g/mol. The highest BCUT2D eigenvalue weighted by molar-refractivity contribution is 7.13. The molecule has 1 saturated heterocycles. The Hall–Kier alpha value is -5.00. The number of amides is 2. The summed E-state index contributed by atoms with van der Waals surface area (Å²) in [4.78, 5) is 40.6. The van der Waals surface area contributed by atoms with Crippen LogP contribution in [0.1, 0.15) is 38.4 Å². The number of ether oxygens (including phenoxy) is 4. The highest BCUT2D eigenvalue weighted by atomic mass is 32.1. The molecule has 1 fully saturated rings. The Morgan fingerprint density at radius 3 is 2.33 bits per heavy atom. The lowest BCUT2D eigenvalue weighted by molar-refractivity contribution is -0.128. The van der Waals surface area contributed by atoms with Crippen LogP contribution in [-0.2, 0) is 30.3 Å². The molecule has 0 saturated carbocycles. The minimum atomic E-state index is -0.822. The number of aromatic nitrogens is 2. The number of benzene rings is 3. The van der Waals surface area contributed by atoms with Gasteiger partial charge in [-0.05, 0) is 66.3 Å². The number of hydrogen-bond donors (Lipinski definition) is 4. The minimum Gasteiger partial charge on any atom is -0.491 e. The molecule has 2 amide bonds. The van der Waals surface area contributed by atoms with Crippen LogP contribution in [-0.4, -0.2) is 135 Å². The van der Waals surface area contributed by atoms with Crippen molar-refractivity contribution in [1.82, 2.24) is 25.5 Å². The number of aliphatic hydroxyl groups is 2. The highest BCUT2D eigenvalue weighted by Gasteiger charge is 2.39. The van der Waals surface area contributed by atoms with Gasteiger partial charge in [0.1, 0.15) is 25.1 Å². The van der Waals surface area contributed by atoms with Crippen molar-refractivity contribution in [2.45, 2.75) is 65.0 Å². The molecule has 3 heterocycles. The van der Waals surface area contributed by atoms with Gasteiger partial charge in [-0.1, -0.05) is 63.2 Å². The van der Waals surface area contributed by atoms with E-state index in [0.29, 0.717) is 38.4 Å². The first-order valence-electron chi connectivity index (χ1n) is 21.4. The van der Waals surface area contributed by atoms with Crippen LogP contribution in [0.25, 0.3) is 32.6 Å². The van der Waals surface area contributed by atoms with Crippen LogP contribution in [0, 0.1) is 12.3 Å². The third-order valence-electron chi connectivity index (χ3n) is 11.0. The van der Waals surface area contributed by atoms with E-state index in [4.69, 9.17) is 23.9 Å². The first kappa shape index (κ1) is 47.5. The number of aliphatic hydroxyl groups excluding tert-OH is 2. The molecular formula is C48H62N6O8S. The maximum Gasteiger partial charge on any atom is 0.246 e. The van der Waals surface area contributed by atoms with Crippen LogP contribution in [0.15, 0.2) is 84.4 Å². The van der Waals surface area contributed by atoms with Gasteiger partial charge in [0.15, 0.2) is 0 Å². The molecule has 1 unspecified atom stereocenters. The fourth-order valence-corrected chi connectivity index (χ4v) is 8.08. The van der Waals surface area contributed by atoms with E-state index in [9.17, 15) is 19.8 Å². The van der Waals surface area contributed by atoms with Gasteiger partial charge >= 0.3 is 0 Å². The van der Waals surface area contributed by atoms with Gasteiger partial charge in [-0.15, -0.1) is 11.3 Å². The zero-order valence-electron chi connectivity index (χ0n) is 37.2. The Bertz CT molecular complexity index is 2230. The van der Waals surface area contributed by atoms with Crippen LogP contribution < -0.4 is 20.3 Å². The third-order valence-corrected chi connectivity index (χ3v) is 12.0. The second kappa shape index (κ2) is 22.6. The molecule has 1 aliphatic heterocycles. The molecule has 1 aliphatic rings. The monoisotopic (exact) mass is 882 g/mol. The number of pyridine rings is 1. The van der Waals surface area contributed by atoms with Crippen LogP contribution >= 0.6 is 11.3 Å². The summed E-state index contributed by atoms with van der Waals surface area (Å²) in [6, 6.07) is 25.2. The van der Waals surface area contributed by atoms with Crippen molar-refractivity contribution in [3.8, 4) is 27.4 Å². The normalized spacial score (nSPS) is 16.5. The summed E-state index contributed by atoms with van der Waals surface area (Å²) in [5.41, 5.74) is 8.49. The number of rotatable bonds is 22. The molecule has 4 N–H and O–H groups in total. The van der Waals surface area contributed by atoms with E-state index in [1.165, 1.54) is 0 Å². The first-order chi connectivity index (χ1) is 30.2. The Morgan fingerprint density at radius 1 is 0.921 bits per heavy atom. The third kappa shape index (κ3) is 14.0. The van der Waals surface area contributed by atoms with Crippen molar-refractivity contribution < 1.29 is 38.7 Å². The second-order valence-corrected chi connectivity index (χ2v) is 18.1. The second-order valence-electron chi connectivity index (χ2n) is 17.2. The summed E-state index contributed by atoms with van der Waals surface area (Å²) in [6.07, 6.45) is -1.14. The molecule has 0 spiro atoms. The molecule has 0 bridgehead atoms. The van der Waals surface area contributed by atoms with Crippen molar-refractivity contribution in [2.24, 2.45) is 5.41 Å². The summed E-state index contributed by atoms with van der Waals surface area (Å²) < 4.78 is 22.6. The van der Waals surface area contributed by atoms with Gasteiger partial charge in [-0.2, -0.15) is 0 Å².